The van der Waals surface area contributed by atoms with Crippen LogP contribution in [-0.2, 0) is 11.2 Å². The Morgan fingerprint density at radius 2 is 1.95 bits per heavy atom. The van der Waals surface area contributed by atoms with E-state index in [1.807, 2.05) is 12.1 Å². The van der Waals surface area contributed by atoms with Crippen molar-refractivity contribution in [2.45, 2.75) is 51.0 Å². The summed E-state index contributed by atoms with van der Waals surface area (Å²) in [4.78, 5) is 27.3. The van der Waals surface area contributed by atoms with Crippen LogP contribution in [0.4, 0.5) is 5.82 Å². The van der Waals surface area contributed by atoms with Crippen LogP contribution in [0, 0.1) is 5.92 Å². The number of aliphatic carboxylic acids is 1. The van der Waals surface area contributed by atoms with Gasteiger partial charge >= 0.3 is 5.97 Å². The van der Waals surface area contributed by atoms with Crippen LogP contribution < -0.4 is 5.32 Å². The lowest BCUT2D eigenvalue weighted by molar-refractivity contribution is -0.142. The predicted molar refractivity (Wildman–Crippen MR) is 78.5 cm³/mol. The van der Waals surface area contributed by atoms with E-state index in [0.29, 0.717) is 6.42 Å². The fourth-order valence-electron chi connectivity index (χ4n) is 3.27. The number of rotatable bonds is 3. The summed E-state index contributed by atoms with van der Waals surface area (Å²) < 4.78 is 0. The van der Waals surface area contributed by atoms with E-state index in [1.54, 1.807) is 0 Å². The Kier molecular flexibility index (Phi) is 3.90. The smallest absolute Gasteiger partial charge is 0.306 e. The average Bonchev–Trinajstić information content (AvgIpc) is 2.48. The normalized spacial score (nSPS) is 25.2. The molecule has 1 saturated carbocycles. The number of nitrogens with zero attached hydrogens (tertiary/aromatic N) is 1. The van der Waals surface area contributed by atoms with Gasteiger partial charge in [0, 0.05) is 18.0 Å². The highest BCUT2D eigenvalue weighted by Crippen LogP contribution is 2.27. The maximum absolute atomic E-state index is 11.8. The third-order valence-corrected chi connectivity index (χ3v) is 4.52. The molecule has 0 aliphatic heterocycles. The molecule has 1 heterocycles. The molecule has 2 aliphatic carbocycles. The Hall–Kier alpha value is -1.91. The molecule has 0 aromatic carbocycles. The maximum Gasteiger partial charge on any atom is 0.306 e. The van der Waals surface area contributed by atoms with E-state index in [0.717, 1.165) is 55.6 Å². The first-order valence-electron chi connectivity index (χ1n) is 7.66. The van der Waals surface area contributed by atoms with Crippen molar-refractivity contribution < 1.29 is 14.7 Å². The summed E-state index contributed by atoms with van der Waals surface area (Å²) in [7, 11) is 0. The SMILES string of the molecule is O=C1CCCc2nc(NC3CCC(C(=O)O)CC3)ccc21. The van der Waals surface area contributed by atoms with Crippen molar-refractivity contribution in [3.8, 4) is 0 Å². The number of aryl methyl sites for hydroxylation is 1. The van der Waals surface area contributed by atoms with Gasteiger partial charge in [0.05, 0.1) is 11.6 Å². The molecule has 0 saturated heterocycles. The molecule has 5 nitrogen and oxygen atoms in total. The van der Waals surface area contributed by atoms with E-state index in [-0.39, 0.29) is 17.7 Å². The molecule has 0 amide bonds. The van der Waals surface area contributed by atoms with Gasteiger partial charge in [0.2, 0.25) is 0 Å². The van der Waals surface area contributed by atoms with Crippen molar-refractivity contribution >= 4 is 17.6 Å². The second kappa shape index (κ2) is 5.84. The first-order chi connectivity index (χ1) is 10.1. The number of carbonyl (C=O) groups excluding carboxylic acids is 1. The van der Waals surface area contributed by atoms with Crippen LogP contribution in [0.25, 0.3) is 0 Å². The maximum atomic E-state index is 11.8. The van der Waals surface area contributed by atoms with Gasteiger partial charge < -0.3 is 10.4 Å². The number of aromatic nitrogens is 1. The van der Waals surface area contributed by atoms with Gasteiger partial charge in [-0.3, -0.25) is 9.59 Å². The second-order valence-corrected chi connectivity index (χ2v) is 6.00. The van der Waals surface area contributed by atoms with Crippen molar-refractivity contribution in [3.63, 3.8) is 0 Å². The molecule has 112 valence electrons. The summed E-state index contributed by atoms with van der Waals surface area (Å²) in [6, 6.07) is 4.02. The van der Waals surface area contributed by atoms with Gasteiger partial charge in [-0.2, -0.15) is 0 Å². The molecule has 0 radical (unpaired) electrons. The minimum Gasteiger partial charge on any atom is -0.481 e. The van der Waals surface area contributed by atoms with Crippen LogP contribution in [0.1, 0.15) is 54.6 Å². The number of carbonyl (C=O) groups is 2. The van der Waals surface area contributed by atoms with E-state index in [2.05, 4.69) is 10.3 Å². The number of carboxylic acid groups (broad SMARTS) is 1. The topological polar surface area (TPSA) is 79.3 Å². The van der Waals surface area contributed by atoms with Crippen molar-refractivity contribution in [2.24, 2.45) is 5.92 Å². The molecule has 0 unspecified atom stereocenters. The van der Waals surface area contributed by atoms with E-state index in [9.17, 15) is 9.59 Å². The molecule has 0 spiro atoms. The number of Topliss-reactive ketones (excluding diaryl/α,β-unsaturated/α-hetero) is 1. The molecular weight excluding hydrogens is 268 g/mol. The molecule has 3 rings (SSSR count). The zero-order valence-corrected chi connectivity index (χ0v) is 12.0. The molecule has 1 fully saturated rings. The summed E-state index contributed by atoms with van der Waals surface area (Å²) >= 11 is 0. The monoisotopic (exact) mass is 288 g/mol. The number of nitrogens with one attached hydrogen (secondary N) is 1. The van der Waals surface area contributed by atoms with Crippen LogP contribution in [0.2, 0.25) is 0 Å². The highest BCUT2D eigenvalue weighted by Gasteiger charge is 2.26. The van der Waals surface area contributed by atoms with Crippen LogP contribution in [0.5, 0.6) is 0 Å². The van der Waals surface area contributed by atoms with Crippen molar-refractivity contribution in [1.29, 1.82) is 0 Å². The summed E-state index contributed by atoms with van der Waals surface area (Å²) in [6.45, 7) is 0. The lowest BCUT2D eigenvalue weighted by Crippen LogP contribution is -2.29. The highest BCUT2D eigenvalue weighted by molar-refractivity contribution is 5.98. The standard InChI is InChI=1S/C16H20N2O3/c19-14-3-1-2-13-12(14)8-9-15(18-13)17-11-6-4-10(5-7-11)16(20)21/h8-11H,1-7H2,(H,17,18)(H,20,21). The zero-order chi connectivity index (χ0) is 14.8. The van der Waals surface area contributed by atoms with Gasteiger partial charge in [0.25, 0.3) is 0 Å². The van der Waals surface area contributed by atoms with Crippen LogP contribution in [0.15, 0.2) is 12.1 Å². The lowest BCUT2D eigenvalue weighted by Gasteiger charge is -2.27. The minimum absolute atomic E-state index is 0.192. The average molecular weight is 288 g/mol. The molecule has 5 heteroatoms. The molecule has 0 atom stereocenters. The summed E-state index contributed by atoms with van der Waals surface area (Å²) in [5, 5.41) is 12.4. The number of hydrogen-bond donors (Lipinski definition) is 2. The largest absolute Gasteiger partial charge is 0.481 e. The molecule has 1 aromatic heterocycles. The van der Waals surface area contributed by atoms with Gasteiger partial charge in [-0.1, -0.05) is 0 Å². The molecular formula is C16H20N2O3. The van der Waals surface area contributed by atoms with Crippen molar-refractivity contribution in [3.05, 3.63) is 23.4 Å². The first kappa shape index (κ1) is 14.0. The van der Waals surface area contributed by atoms with Gasteiger partial charge in [-0.15, -0.1) is 0 Å². The van der Waals surface area contributed by atoms with Gasteiger partial charge in [-0.25, -0.2) is 4.98 Å². The fraction of sp³-hybridized carbons (Fsp3) is 0.562. The van der Waals surface area contributed by atoms with E-state index < -0.39 is 5.97 Å². The van der Waals surface area contributed by atoms with Gasteiger partial charge in [0.15, 0.2) is 5.78 Å². The second-order valence-electron chi connectivity index (χ2n) is 6.00. The molecule has 21 heavy (non-hydrogen) atoms. The third-order valence-electron chi connectivity index (χ3n) is 4.52. The lowest BCUT2D eigenvalue weighted by atomic mass is 9.86. The molecule has 0 bridgehead atoms. The number of anilines is 1. The van der Waals surface area contributed by atoms with E-state index in [4.69, 9.17) is 5.11 Å². The first-order valence-corrected chi connectivity index (χ1v) is 7.66. The number of fused-ring (bicyclic) bond motifs is 1. The zero-order valence-electron chi connectivity index (χ0n) is 12.0. The fourth-order valence-corrected chi connectivity index (χ4v) is 3.27. The van der Waals surface area contributed by atoms with Crippen molar-refractivity contribution in [2.75, 3.05) is 5.32 Å². The third kappa shape index (κ3) is 3.06. The van der Waals surface area contributed by atoms with Crippen LogP contribution in [0.3, 0.4) is 0 Å². The summed E-state index contributed by atoms with van der Waals surface area (Å²) in [6.07, 6.45) is 5.52. The molecule has 2 N–H and O–H groups in total. The quantitative estimate of drug-likeness (QED) is 0.894. The van der Waals surface area contributed by atoms with Crippen LogP contribution >= 0.6 is 0 Å². The Morgan fingerprint density at radius 1 is 1.19 bits per heavy atom. The number of hydrogen-bond acceptors (Lipinski definition) is 4. The minimum atomic E-state index is -0.682. The Balaban J connectivity index is 1.64. The highest BCUT2D eigenvalue weighted by atomic mass is 16.4. The number of pyridine rings is 1. The molecule has 2 aliphatic rings. The van der Waals surface area contributed by atoms with Crippen molar-refractivity contribution in [1.82, 2.24) is 4.98 Å². The molecule has 1 aromatic rings. The Labute approximate surface area is 123 Å². The van der Waals surface area contributed by atoms with Crippen LogP contribution in [-0.4, -0.2) is 27.9 Å². The summed E-state index contributed by atoms with van der Waals surface area (Å²) in [5.41, 5.74) is 1.66. The van der Waals surface area contributed by atoms with Gasteiger partial charge in [-0.05, 0) is 50.7 Å². The van der Waals surface area contributed by atoms with E-state index in [1.165, 1.54) is 0 Å². The number of ketones is 1. The predicted octanol–water partition coefficient (Wildman–Crippen LogP) is 2.66. The Morgan fingerprint density at radius 3 is 2.67 bits per heavy atom. The number of carboxylic acids is 1. The summed E-state index contributed by atoms with van der Waals surface area (Å²) in [5.74, 6) is 0.121. The van der Waals surface area contributed by atoms with Gasteiger partial charge in [0.1, 0.15) is 5.82 Å². The van der Waals surface area contributed by atoms with E-state index >= 15 is 0 Å². The Bertz CT molecular complexity index is 563.